The van der Waals surface area contributed by atoms with Crippen LogP contribution in [-0.4, -0.2) is 61.2 Å². The molecular formula is C23H26F3N5O2. The highest BCUT2D eigenvalue weighted by Gasteiger charge is 2.26. The summed E-state index contributed by atoms with van der Waals surface area (Å²) < 4.78 is 41.5. The second kappa shape index (κ2) is 9.40. The topological polar surface area (TPSA) is 69.6 Å². The van der Waals surface area contributed by atoms with Gasteiger partial charge in [-0.25, -0.2) is 4.39 Å². The number of rotatable bonds is 5. The number of aromatic nitrogens is 1. The monoisotopic (exact) mass is 461 g/mol. The van der Waals surface area contributed by atoms with Gasteiger partial charge in [0.1, 0.15) is 5.82 Å². The standard InChI is InChI=1S/C23H26F3N5O2/c1-14-12-30(8-7-29(14)2)20-10-18(24)17(15-5-6-27-11-15)9-19(20)28-22(33)16-3-4-21(32)31(13-16)23(25)26/h3-5,9-10,13-14,23,27H,6-8,11-12H2,1-2H3,(H,28,33). The third kappa shape index (κ3) is 4.81. The Morgan fingerprint density at radius 3 is 2.70 bits per heavy atom. The maximum Gasteiger partial charge on any atom is 0.321 e. The van der Waals surface area contributed by atoms with Crippen molar-refractivity contribution in [2.45, 2.75) is 19.5 Å². The van der Waals surface area contributed by atoms with E-state index in [0.717, 1.165) is 24.4 Å². The number of nitrogens with zero attached hydrogens (tertiary/aromatic N) is 3. The number of carbonyl (C=O) groups excluding carboxylic acids is 1. The van der Waals surface area contributed by atoms with Crippen molar-refractivity contribution in [2.24, 2.45) is 0 Å². The Morgan fingerprint density at radius 2 is 2.03 bits per heavy atom. The first-order valence-corrected chi connectivity index (χ1v) is 10.7. The molecule has 3 heterocycles. The van der Waals surface area contributed by atoms with Crippen LogP contribution in [0.5, 0.6) is 0 Å². The van der Waals surface area contributed by atoms with Crippen LogP contribution in [0, 0.1) is 5.82 Å². The maximum atomic E-state index is 15.1. The number of piperazine rings is 1. The fourth-order valence-electron chi connectivity index (χ4n) is 4.10. The van der Waals surface area contributed by atoms with Crippen molar-refractivity contribution < 1.29 is 18.0 Å². The van der Waals surface area contributed by atoms with Crippen molar-refractivity contribution in [3.8, 4) is 0 Å². The molecule has 2 aromatic rings. The Kier molecular flexibility index (Phi) is 6.57. The summed E-state index contributed by atoms with van der Waals surface area (Å²) in [5.74, 6) is -1.06. The zero-order valence-electron chi connectivity index (χ0n) is 18.4. The van der Waals surface area contributed by atoms with Gasteiger partial charge in [0.15, 0.2) is 0 Å². The first kappa shape index (κ1) is 23.1. The third-order valence-electron chi connectivity index (χ3n) is 6.20. The summed E-state index contributed by atoms with van der Waals surface area (Å²) in [7, 11) is 2.02. The molecule has 4 rings (SSSR count). The van der Waals surface area contributed by atoms with E-state index in [2.05, 4.69) is 22.5 Å². The lowest BCUT2D eigenvalue weighted by atomic mass is 10.0. The van der Waals surface area contributed by atoms with Gasteiger partial charge in [0.2, 0.25) is 0 Å². The lowest BCUT2D eigenvalue weighted by Gasteiger charge is -2.39. The summed E-state index contributed by atoms with van der Waals surface area (Å²) in [5.41, 5.74) is 1.07. The molecule has 1 amide bonds. The molecule has 1 unspecified atom stereocenters. The smallest absolute Gasteiger partial charge is 0.321 e. The fraction of sp³-hybridized carbons (Fsp3) is 0.391. The van der Waals surface area contributed by atoms with Gasteiger partial charge in [-0.05, 0) is 37.7 Å². The Morgan fingerprint density at radius 1 is 1.24 bits per heavy atom. The average molecular weight is 461 g/mol. The largest absolute Gasteiger partial charge is 0.367 e. The van der Waals surface area contributed by atoms with Crippen LogP contribution in [-0.2, 0) is 0 Å². The summed E-state index contributed by atoms with van der Waals surface area (Å²) in [6.07, 6.45) is 2.72. The zero-order valence-corrected chi connectivity index (χ0v) is 18.4. The minimum Gasteiger partial charge on any atom is -0.367 e. The molecule has 7 nitrogen and oxygen atoms in total. The van der Waals surface area contributed by atoms with Crippen LogP contribution in [0.4, 0.5) is 24.5 Å². The van der Waals surface area contributed by atoms with Gasteiger partial charge in [0.25, 0.3) is 11.5 Å². The average Bonchev–Trinajstić information content (AvgIpc) is 3.31. The number of halogens is 3. The fourth-order valence-corrected chi connectivity index (χ4v) is 4.10. The Balaban J connectivity index is 1.72. The molecule has 1 saturated heterocycles. The summed E-state index contributed by atoms with van der Waals surface area (Å²) in [5, 5.41) is 5.89. The van der Waals surface area contributed by atoms with Crippen molar-refractivity contribution in [1.29, 1.82) is 0 Å². The van der Waals surface area contributed by atoms with Crippen molar-refractivity contribution in [2.75, 3.05) is 50.0 Å². The Bertz CT molecular complexity index is 1150. The van der Waals surface area contributed by atoms with Crippen molar-refractivity contribution >= 4 is 22.9 Å². The number of pyridine rings is 1. The summed E-state index contributed by atoms with van der Waals surface area (Å²) in [4.78, 5) is 28.8. The molecule has 1 aromatic carbocycles. The van der Waals surface area contributed by atoms with Crippen LogP contribution < -0.4 is 21.1 Å². The van der Waals surface area contributed by atoms with Gasteiger partial charge in [-0.15, -0.1) is 0 Å². The molecular weight excluding hydrogens is 435 g/mol. The predicted octanol–water partition coefficient (Wildman–Crippen LogP) is 2.76. The molecule has 0 bridgehead atoms. The molecule has 33 heavy (non-hydrogen) atoms. The van der Waals surface area contributed by atoms with E-state index >= 15 is 4.39 Å². The second-order valence-electron chi connectivity index (χ2n) is 8.38. The quantitative estimate of drug-likeness (QED) is 0.717. The summed E-state index contributed by atoms with van der Waals surface area (Å²) in [6.45, 7) is 2.19. The van der Waals surface area contributed by atoms with E-state index < -0.39 is 23.8 Å². The van der Waals surface area contributed by atoms with Crippen LogP contribution in [0.2, 0.25) is 0 Å². The van der Waals surface area contributed by atoms with Crippen LogP contribution >= 0.6 is 0 Å². The van der Waals surface area contributed by atoms with Crippen molar-refractivity contribution in [1.82, 2.24) is 14.8 Å². The number of likely N-dealkylation sites (N-methyl/N-ethyl adjacent to an activating group) is 1. The van der Waals surface area contributed by atoms with Crippen LogP contribution in [0.1, 0.15) is 29.4 Å². The number of carbonyl (C=O) groups is 1. The molecule has 0 radical (unpaired) electrons. The lowest BCUT2D eigenvalue weighted by Crippen LogP contribution is -2.50. The van der Waals surface area contributed by atoms with E-state index in [0.29, 0.717) is 43.1 Å². The molecule has 2 aliphatic rings. The van der Waals surface area contributed by atoms with E-state index in [9.17, 15) is 18.4 Å². The van der Waals surface area contributed by atoms with Gasteiger partial charge < -0.3 is 20.4 Å². The van der Waals surface area contributed by atoms with E-state index in [-0.39, 0.29) is 16.2 Å². The molecule has 1 fully saturated rings. The Labute approximate surface area is 189 Å². The molecule has 10 heteroatoms. The number of alkyl halides is 2. The molecule has 0 saturated carbocycles. The van der Waals surface area contributed by atoms with E-state index in [1.165, 1.54) is 12.1 Å². The molecule has 2 aliphatic heterocycles. The van der Waals surface area contributed by atoms with Gasteiger partial charge in [0.05, 0.1) is 16.9 Å². The molecule has 0 spiro atoms. The Hall–Kier alpha value is -3.11. The maximum absolute atomic E-state index is 15.1. The van der Waals surface area contributed by atoms with Crippen molar-refractivity contribution in [3.63, 3.8) is 0 Å². The van der Waals surface area contributed by atoms with E-state index in [1.54, 1.807) is 6.07 Å². The van der Waals surface area contributed by atoms with E-state index in [4.69, 9.17) is 0 Å². The summed E-state index contributed by atoms with van der Waals surface area (Å²) in [6, 6.07) is 5.36. The second-order valence-corrected chi connectivity index (χ2v) is 8.38. The SMILES string of the molecule is CC1CN(c2cc(F)c(C3=CCNC3)cc2NC(=O)c2ccc(=O)n(C(F)F)c2)CCN1C. The van der Waals surface area contributed by atoms with Crippen molar-refractivity contribution in [3.05, 3.63) is 63.8 Å². The minimum absolute atomic E-state index is 0.0970. The van der Waals surface area contributed by atoms with E-state index in [1.807, 2.05) is 18.0 Å². The number of hydrogen-bond acceptors (Lipinski definition) is 5. The number of nitrogens with one attached hydrogen (secondary N) is 2. The molecule has 2 N–H and O–H groups in total. The molecule has 1 atom stereocenters. The zero-order chi connectivity index (χ0) is 23.7. The number of benzene rings is 1. The highest BCUT2D eigenvalue weighted by Crippen LogP contribution is 2.34. The third-order valence-corrected chi connectivity index (χ3v) is 6.20. The van der Waals surface area contributed by atoms with Gasteiger partial charge >= 0.3 is 6.55 Å². The normalized spacial score (nSPS) is 19.2. The lowest BCUT2D eigenvalue weighted by molar-refractivity contribution is 0.0660. The van der Waals surface area contributed by atoms with Gasteiger partial charge in [-0.2, -0.15) is 8.78 Å². The predicted molar refractivity (Wildman–Crippen MR) is 121 cm³/mol. The first-order valence-electron chi connectivity index (χ1n) is 10.7. The highest BCUT2D eigenvalue weighted by molar-refractivity contribution is 6.06. The summed E-state index contributed by atoms with van der Waals surface area (Å²) >= 11 is 0. The van der Waals surface area contributed by atoms with Gasteiger partial charge in [-0.3, -0.25) is 14.2 Å². The molecule has 176 valence electrons. The van der Waals surface area contributed by atoms with Gasteiger partial charge in [0, 0.05) is 56.6 Å². The van der Waals surface area contributed by atoms with Crippen LogP contribution in [0.3, 0.4) is 0 Å². The molecule has 0 aliphatic carbocycles. The number of amides is 1. The molecule has 1 aromatic heterocycles. The van der Waals surface area contributed by atoms with Crippen LogP contribution in [0.15, 0.2) is 41.3 Å². The number of hydrogen-bond donors (Lipinski definition) is 2. The highest BCUT2D eigenvalue weighted by atomic mass is 19.3. The van der Waals surface area contributed by atoms with Gasteiger partial charge in [-0.1, -0.05) is 6.08 Å². The number of anilines is 2. The first-order chi connectivity index (χ1) is 15.7. The van der Waals surface area contributed by atoms with Crippen LogP contribution in [0.25, 0.3) is 5.57 Å². The minimum atomic E-state index is -3.06.